The Morgan fingerprint density at radius 3 is 1.52 bits per heavy atom. The number of aromatic nitrogens is 2. The maximum atomic E-state index is 7.76. The molecule has 0 spiro atoms. The summed E-state index contributed by atoms with van der Waals surface area (Å²) in [6, 6.07) is 101. The van der Waals surface area contributed by atoms with Crippen molar-refractivity contribution in [1.82, 2.24) is 9.55 Å². The fourth-order valence-corrected chi connectivity index (χ4v) is 13.8. The second kappa shape index (κ2) is 22.7. The molecule has 0 unspecified atom stereocenters. The van der Waals surface area contributed by atoms with Gasteiger partial charge in [0.05, 0.1) is 0 Å². The molecule has 13 aromatic rings. The van der Waals surface area contributed by atoms with Crippen LogP contribution in [0.1, 0.15) is 101 Å². The fourth-order valence-electron chi connectivity index (χ4n) is 13.8. The van der Waals surface area contributed by atoms with E-state index in [9.17, 15) is 0 Å². The number of ether oxygens (including phenoxy) is 1. The third-order valence-electron chi connectivity index (χ3n) is 18.5. The van der Waals surface area contributed by atoms with Crippen molar-refractivity contribution in [3.05, 3.63) is 319 Å². The first-order valence-electron chi connectivity index (χ1n) is 31.4. The van der Waals surface area contributed by atoms with Gasteiger partial charge in [0.25, 0.3) is 0 Å². The second-order valence-electron chi connectivity index (χ2n) is 27.3. The first-order chi connectivity index (χ1) is 43.5. The van der Waals surface area contributed by atoms with Crippen LogP contribution in [0, 0.1) is 18.8 Å². The summed E-state index contributed by atoms with van der Waals surface area (Å²) >= 11 is 0. The van der Waals surface area contributed by atoms with Crippen LogP contribution < -0.4 is 14.5 Å². The van der Waals surface area contributed by atoms with Crippen LogP contribution in [0.3, 0.4) is 0 Å². The molecule has 1 aliphatic heterocycles. The molecule has 15 rings (SSSR count). The van der Waals surface area contributed by atoms with Gasteiger partial charge in [-0.3, -0.25) is 0 Å². The van der Waals surface area contributed by atoms with E-state index in [0.29, 0.717) is 11.5 Å². The molecule has 450 valence electrons. The van der Waals surface area contributed by atoms with Gasteiger partial charge in [0.1, 0.15) is 5.82 Å². The van der Waals surface area contributed by atoms with Gasteiger partial charge >= 0.3 is 0 Å². The molecule has 5 nitrogen and oxygen atoms in total. The van der Waals surface area contributed by atoms with E-state index in [2.05, 4.69) is 350 Å². The van der Waals surface area contributed by atoms with Gasteiger partial charge in [-0.25, -0.2) is 4.98 Å². The van der Waals surface area contributed by atoms with Gasteiger partial charge in [-0.2, -0.15) is 6.07 Å². The maximum absolute atomic E-state index is 7.76. The van der Waals surface area contributed by atoms with Gasteiger partial charge in [-0.1, -0.05) is 273 Å². The van der Waals surface area contributed by atoms with E-state index in [1.165, 1.54) is 38.9 Å². The second-order valence-corrected chi connectivity index (χ2v) is 27.3. The van der Waals surface area contributed by atoms with E-state index >= 15 is 0 Å². The minimum absolute atomic E-state index is 0. The Bertz CT molecular complexity index is 4790. The zero-order chi connectivity index (χ0) is 61.7. The number of hydrogen-bond acceptors (Lipinski definition) is 4. The van der Waals surface area contributed by atoms with Crippen molar-refractivity contribution in [3.63, 3.8) is 0 Å². The Kier molecular flexibility index (Phi) is 14.8. The monoisotopic (exact) mass is 1360 g/mol. The number of benzene rings is 11. The molecule has 91 heavy (non-hydrogen) atoms. The molecule has 0 N–H and O–H groups in total. The van der Waals surface area contributed by atoms with Crippen molar-refractivity contribution < 1.29 is 25.8 Å². The summed E-state index contributed by atoms with van der Waals surface area (Å²) in [6.07, 6.45) is 1.93. The Morgan fingerprint density at radius 1 is 0.418 bits per heavy atom. The number of para-hydroxylation sites is 3. The predicted molar refractivity (Wildman–Crippen MR) is 374 cm³/mol. The van der Waals surface area contributed by atoms with Crippen LogP contribution in [-0.4, -0.2) is 9.55 Å². The fraction of sp³-hybridized carbons (Fsp3) is 0.153. The van der Waals surface area contributed by atoms with Crippen molar-refractivity contribution in [1.29, 1.82) is 0 Å². The van der Waals surface area contributed by atoms with E-state index in [1.807, 2.05) is 6.20 Å². The van der Waals surface area contributed by atoms with Gasteiger partial charge in [0.15, 0.2) is 0 Å². The number of rotatable bonds is 10. The molecular weight excluding hydrogens is 1290 g/mol. The molecule has 1 aliphatic carbocycles. The van der Waals surface area contributed by atoms with E-state index < -0.39 is 5.41 Å². The van der Waals surface area contributed by atoms with Gasteiger partial charge in [0, 0.05) is 77.9 Å². The number of anilines is 4. The quantitative estimate of drug-likeness (QED) is 0.128. The molecule has 2 aliphatic rings. The molecule has 11 aromatic carbocycles. The minimum Gasteiger partial charge on any atom is -0.509 e. The zero-order valence-electron chi connectivity index (χ0n) is 52.9. The summed E-state index contributed by atoms with van der Waals surface area (Å²) in [6.45, 7) is 22.8. The van der Waals surface area contributed by atoms with E-state index in [1.54, 1.807) is 0 Å². The number of fused-ring (bicyclic) bond motifs is 7. The van der Waals surface area contributed by atoms with Crippen LogP contribution >= 0.6 is 0 Å². The normalized spacial score (nSPS) is 13.5. The summed E-state index contributed by atoms with van der Waals surface area (Å²) in [4.78, 5) is 9.82. The van der Waals surface area contributed by atoms with E-state index in [4.69, 9.17) is 9.72 Å². The van der Waals surface area contributed by atoms with Gasteiger partial charge in [-0.15, -0.1) is 47.6 Å². The summed E-state index contributed by atoms with van der Waals surface area (Å²) in [7, 11) is 0. The SMILES string of the molecule is CC(C)(C)c1ccc(C2(c3cc(Oc4[c-]c5c(cc4-c4ccccc4)c4ccccc4n5-c4cc(C(C)(C)C)ccn4)[c-]c(N4[CH-]N(c5c(-c6ccccc6)cc(C(C)(C)C)cc5-c5ccccc5)c5ccccc54)c3)c3ccccc3-c3ccccc32)cc1.[Pt]. The average Bonchev–Trinajstić information content (AvgIpc) is 1.56. The van der Waals surface area contributed by atoms with Crippen LogP contribution in [0.5, 0.6) is 11.5 Å². The summed E-state index contributed by atoms with van der Waals surface area (Å²) < 4.78 is 10.0. The van der Waals surface area contributed by atoms with Crippen LogP contribution in [0.15, 0.2) is 261 Å². The zero-order valence-corrected chi connectivity index (χ0v) is 55.2. The van der Waals surface area contributed by atoms with E-state index in [-0.39, 0.29) is 37.3 Å². The molecule has 6 heteroatoms. The maximum Gasteiger partial charge on any atom is 0.135 e. The topological polar surface area (TPSA) is 33.5 Å². The van der Waals surface area contributed by atoms with Crippen molar-refractivity contribution in [2.75, 3.05) is 9.80 Å². The van der Waals surface area contributed by atoms with Crippen molar-refractivity contribution in [3.8, 4) is 61.8 Å². The molecule has 0 saturated heterocycles. The standard InChI is InChI=1S/C85H71N4O.Pt/c1-82(2,3)59-41-43-60(44-42-59)85(73-36-22-19-33-66(73)67-34-20-23-37-74(67)85)63-47-64(87-55-88(77-40-26-25-39-76(77)87)81-70(57-29-15-11-16-30-57)49-62(84(7,8)9)50-71(81)58-31-17-12-18-32-58)52-65(48-63)90-79-54-78-72(53-69(79)56-27-13-10-14-28-56)68-35-21-24-38-75(68)89(78)80-51-61(45-46-86-80)83(4,5)6;/h10-51,53,55H,1-9H3;/q-3;. The third kappa shape index (κ3) is 10.2. The third-order valence-corrected chi connectivity index (χ3v) is 18.5. The first kappa shape index (κ1) is 59.1. The van der Waals surface area contributed by atoms with Crippen LogP contribution in [0.2, 0.25) is 0 Å². The van der Waals surface area contributed by atoms with Crippen molar-refractivity contribution >= 4 is 44.6 Å². The molecule has 2 aromatic heterocycles. The minimum atomic E-state index is -0.805. The molecular formula is C85H71N4OPt-3. The Labute approximate surface area is 550 Å². The summed E-state index contributed by atoms with van der Waals surface area (Å²) in [5.74, 6) is 1.95. The van der Waals surface area contributed by atoms with E-state index in [0.717, 1.165) is 94.9 Å². The molecule has 0 radical (unpaired) electrons. The van der Waals surface area contributed by atoms with Crippen LogP contribution in [0.25, 0.3) is 72.1 Å². The molecule has 3 heterocycles. The van der Waals surface area contributed by atoms with Crippen LogP contribution in [-0.2, 0) is 42.7 Å². The smallest absolute Gasteiger partial charge is 0.135 e. The Hall–Kier alpha value is -9.54. The average molecular weight is 1360 g/mol. The van der Waals surface area contributed by atoms with Crippen molar-refractivity contribution in [2.45, 2.75) is 84.0 Å². The van der Waals surface area contributed by atoms with Gasteiger partial charge < -0.3 is 19.1 Å². The molecule has 0 saturated carbocycles. The summed E-state index contributed by atoms with van der Waals surface area (Å²) in [5.41, 5.74) is 22.0. The number of pyridine rings is 1. The van der Waals surface area contributed by atoms with Gasteiger partial charge in [0.2, 0.25) is 0 Å². The molecule has 0 amide bonds. The largest absolute Gasteiger partial charge is 0.509 e. The van der Waals surface area contributed by atoms with Gasteiger partial charge in [-0.05, 0) is 120 Å². The molecule has 0 fully saturated rings. The first-order valence-corrected chi connectivity index (χ1v) is 31.4. The summed E-state index contributed by atoms with van der Waals surface area (Å²) in [5, 5.41) is 2.16. The van der Waals surface area contributed by atoms with Crippen molar-refractivity contribution in [2.24, 2.45) is 0 Å². The number of hydrogen-bond donors (Lipinski definition) is 0. The predicted octanol–water partition coefficient (Wildman–Crippen LogP) is 22.2. The Balaban J connectivity index is 0.00000721. The Morgan fingerprint density at radius 2 is 0.934 bits per heavy atom. The van der Waals surface area contributed by atoms with Crippen LogP contribution in [0.4, 0.5) is 22.7 Å². The number of nitrogens with zero attached hydrogens (tertiary/aromatic N) is 4. The molecule has 0 bridgehead atoms. The molecule has 0 atom stereocenters.